The van der Waals surface area contributed by atoms with Crippen molar-refractivity contribution in [3.63, 3.8) is 0 Å². The van der Waals surface area contributed by atoms with Crippen LogP contribution in [0.15, 0.2) is 24.3 Å². The second kappa shape index (κ2) is 8.13. The van der Waals surface area contributed by atoms with Crippen LogP contribution in [-0.4, -0.2) is 12.8 Å². The maximum absolute atomic E-state index is 12.8. The molecule has 6 heteroatoms. The van der Waals surface area contributed by atoms with Crippen molar-refractivity contribution in [2.45, 2.75) is 70.1 Å². The Morgan fingerprint density at radius 3 is 1.73 bits per heavy atom. The van der Waals surface area contributed by atoms with E-state index in [2.05, 4.69) is 4.74 Å². The molecule has 0 aromatic heterocycles. The van der Waals surface area contributed by atoms with E-state index in [1.807, 2.05) is 12.1 Å². The van der Waals surface area contributed by atoms with Crippen molar-refractivity contribution in [2.75, 3.05) is 0 Å². The Hall–Kier alpha value is -1.33. The summed E-state index contributed by atoms with van der Waals surface area (Å²) in [5, 5.41) is 0. The van der Waals surface area contributed by atoms with Gasteiger partial charge in [-0.3, -0.25) is 0 Å². The van der Waals surface area contributed by atoms with Gasteiger partial charge in [-0.15, -0.1) is 0 Å². The van der Waals surface area contributed by atoms with E-state index >= 15 is 0 Å². The summed E-state index contributed by atoms with van der Waals surface area (Å²) in [6.07, 6.45) is 2.01. The van der Waals surface area contributed by atoms with Crippen molar-refractivity contribution in [2.24, 2.45) is 17.8 Å². The summed E-state index contributed by atoms with van der Waals surface area (Å²) < 4.78 is 67.2. The average Bonchev–Trinajstić information content (AvgIpc) is 2.61. The van der Waals surface area contributed by atoms with Crippen LogP contribution in [0.2, 0.25) is 0 Å². The Labute approximate surface area is 150 Å². The van der Waals surface area contributed by atoms with E-state index in [9.17, 15) is 22.0 Å². The second-order valence-corrected chi connectivity index (χ2v) is 7.71. The lowest BCUT2D eigenvalue weighted by molar-refractivity contribution is -0.185. The molecule has 0 bridgehead atoms. The fourth-order valence-electron chi connectivity index (χ4n) is 4.76. The highest BCUT2D eigenvalue weighted by Crippen LogP contribution is 2.46. The lowest BCUT2D eigenvalue weighted by Crippen LogP contribution is -2.31. The van der Waals surface area contributed by atoms with Gasteiger partial charge in [-0.25, -0.2) is 0 Å². The maximum Gasteiger partial charge on any atom is 0.391 e. The molecule has 0 aliphatic heterocycles. The molecule has 2 fully saturated rings. The van der Waals surface area contributed by atoms with Gasteiger partial charge in [0.25, 0.3) is 0 Å². The Morgan fingerprint density at radius 1 is 0.769 bits per heavy atom. The zero-order valence-electron chi connectivity index (χ0n) is 14.7. The smallest absolute Gasteiger partial charge is 0.391 e. The lowest BCUT2D eigenvalue weighted by Gasteiger charge is -2.38. The van der Waals surface area contributed by atoms with Gasteiger partial charge in [-0.05, 0) is 86.8 Å². The van der Waals surface area contributed by atoms with Gasteiger partial charge in [0.2, 0.25) is 0 Å². The monoisotopic (exact) mass is 376 g/mol. The van der Waals surface area contributed by atoms with E-state index in [4.69, 9.17) is 0 Å². The molecular formula is C20H25F5O. The van der Waals surface area contributed by atoms with E-state index < -0.39 is 18.7 Å². The molecule has 0 radical (unpaired) electrons. The summed E-state index contributed by atoms with van der Waals surface area (Å²) in [7, 11) is 0. The molecule has 2 aliphatic rings. The lowest BCUT2D eigenvalue weighted by atomic mass is 9.68. The minimum atomic E-state index is -4.04. The number of hydrogen-bond donors (Lipinski definition) is 0. The topological polar surface area (TPSA) is 9.23 Å². The predicted octanol–water partition coefficient (Wildman–Crippen LogP) is 6.93. The fraction of sp³-hybridized carbons (Fsp3) is 0.700. The number of alkyl halides is 5. The van der Waals surface area contributed by atoms with Crippen molar-refractivity contribution >= 4 is 0 Å². The first kappa shape index (κ1) is 19.4. The number of ether oxygens (including phenoxy) is 1. The highest BCUT2D eigenvalue weighted by atomic mass is 19.4. The first-order valence-corrected chi connectivity index (χ1v) is 9.44. The number of rotatable bonds is 4. The minimum Gasteiger partial charge on any atom is -0.435 e. The van der Waals surface area contributed by atoms with Gasteiger partial charge >= 0.3 is 12.8 Å². The molecule has 1 nitrogen and oxygen atoms in total. The summed E-state index contributed by atoms with van der Waals surface area (Å²) >= 11 is 0. The Balaban J connectivity index is 1.47. The largest absolute Gasteiger partial charge is 0.435 e. The van der Waals surface area contributed by atoms with Crippen LogP contribution in [0.25, 0.3) is 0 Å². The highest BCUT2D eigenvalue weighted by Gasteiger charge is 2.42. The Kier molecular flexibility index (Phi) is 6.08. The summed E-state index contributed by atoms with van der Waals surface area (Å²) in [5.41, 5.74) is 1.13. The molecule has 0 unspecified atom stereocenters. The number of benzene rings is 1. The SMILES string of the molecule is FC(F)Oc1ccc([C@H]2CC[C@H]([C@H]3CC[C@H](C(F)(F)F)CC3)CC2)cc1. The van der Waals surface area contributed by atoms with Crippen LogP contribution in [0.5, 0.6) is 5.75 Å². The molecule has 0 saturated heterocycles. The highest BCUT2D eigenvalue weighted by molar-refractivity contribution is 5.29. The van der Waals surface area contributed by atoms with Crippen LogP contribution in [0, 0.1) is 17.8 Å². The number of halogens is 5. The maximum atomic E-state index is 12.8. The van der Waals surface area contributed by atoms with Crippen molar-refractivity contribution < 1.29 is 26.7 Å². The van der Waals surface area contributed by atoms with Crippen molar-refractivity contribution in [1.29, 1.82) is 0 Å². The molecule has 0 atom stereocenters. The molecule has 1 aromatic carbocycles. The Morgan fingerprint density at radius 2 is 1.27 bits per heavy atom. The fourth-order valence-corrected chi connectivity index (χ4v) is 4.76. The van der Waals surface area contributed by atoms with Gasteiger partial charge < -0.3 is 4.74 Å². The quantitative estimate of drug-likeness (QED) is 0.518. The molecule has 2 aliphatic carbocycles. The van der Waals surface area contributed by atoms with Crippen LogP contribution in [0.1, 0.15) is 62.8 Å². The van der Waals surface area contributed by atoms with Gasteiger partial charge in [-0.1, -0.05) is 12.1 Å². The molecular weight excluding hydrogens is 351 g/mol. The molecule has 26 heavy (non-hydrogen) atoms. The molecule has 0 N–H and O–H groups in total. The molecule has 0 spiro atoms. The van der Waals surface area contributed by atoms with E-state index in [-0.39, 0.29) is 18.6 Å². The molecule has 3 rings (SSSR count). The number of hydrogen-bond acceptors (Lipinski definition) is 1. The summed E-state index contributed by atoms with van der Waals surface area (Å²) in [5.74, 6) is 0.416. The molecule has 1 aromatic rings. The van der Waals surface area contributed by atoms with Gasteiger partial charge in [0, 0.05) is 0 Å². The van der Waals surface area contributed by atoms with Crippen molar-refractivity contribution in [3.8, 4) is 5.75 Å². The van der Waals surface area contributed by atoms with E-state index in [0.717, 1.165) is 31.2 Å². The van der Waals surface area contributed by atoms with Gasteiger partial charge in [-0.2, -0.15) is 22.0 Å². The van der Waals surface area contributed by atoms with Crippen molar-refractivity contribution in [1.82, 2.24) is 0 Å². The van der Waals surface area contributed by atoms with Gasteiger partial charge in [0.1, 0.15) is 5.75 Å². The van der Waals surface area contributed by atoms with E-state index in [1.165, 1.54) is 0 Å². The average molecular weight is 376 g/mol. The molecule has 146 valence electrons. The first-order valence-electron chi connectivity index (χ1n) is 9.44. The molecule has 2 saturated carbocycles. The zero-order valence-corrected chi connectivity index (χ0v) is 14.7. The molecule has 0 heterocycles. The minimum absolute atomic E-state index is 0.166. The zero-order chi connectivity index (χ0) is 18.7. The van der Waals surface area contributed by atoms with Crippen LogP contribution in [0.4, 0.5) is 22.0 Å². The van der Waals surface area contributed by atoms with Gasteiger partial charge in [0.05, 0.1) is 5.92 Å². The van der Waals surface area contributed by atoms with Crippen LogP contribution in [0.3, 0.4) is 0 Å². The summed E-state index contributed by atoms with van der Waals surface area (Å²) in [6.45, 7) is -2.82. The second-order valence-electron chi connectivity index (χ2n) is 7.71. The third-order valence-electron chi connectivity index (χ3n) is 6.25. The summed E-state index contributed by atoms with van der Waals surface area (Å²) in [6, 6.07) is 6.84. The van der Waals surface area contributed by atoms with Gasteiger partial charge in [0.15, 0.2) is 0 Å². The Bertz CT molecular complexity index is 553. The van der Waals surface area contributed by atoms with E-state index in [0.29, 0.717) is 30.6 Å². The summed E-state index contributed by atoms with van der Waals surface area (Å²) in [4.78, 5) is 0. The van der Waals surface area contributed by atoms with Crippen molar-refractivity contribution in [3.05, 3.63) is 29.8 Å². The standard InChI is InChI=1S/C20H25F5O/c21-19(22)26-18-11-7-16(8-12-18)14-3-1-13(2-4-14)15-5-9-17(10-6-15)20(23,24)25/h7-8,11-15,17,19H,1-6,9-10H2/t13-,14-,15-,17-. The van der Waals surface area contributed by atoms with Crippen LogP contribution >= 0.6 is 0 Å². The third-order valence-corrected chi connectivity index (χ3v) is 6.25. The van der Waals surface area contributed by atoms with E-state index in [1.54, 1.807) is 12.1 Å². The predicted molar refractivity (Wildman–Crippen MR) is 89.3 cm³/mol. The van der Waals surface area contributed by atoms with Crippen LogP contribution < -0.4 is 4.74 Å². The first-order chi connectivity index (χ1) is 12.3. The third kappa shape index (κ3) is 4.89. The van der Waals surface area contributed by atoms with Crippen LogP contribution in [-0.2, 0) is 0 Å². The normalized spacial score (nSPS) is 30.4. The molecule has 0 amide bonds.